The van der Waals surface area contributed by atoms with Crippen molar-refractivity contribution in [1.29, 1.82) is 0 Å². The van der Waals surface area contributed by atoms with Crippen molar-refractivity contribution in [2.24, 2.45) is 0 Å². The van der Waals surface area contributed by atoms with E-state index in [1.165, 1.54) is 12.1 Å². The Hall–Kier alpha value is -2.74. The number of nitrogens with zero attached hydrogens (tertiary/aromatic N) is 3. The van der Waals surface area contributed by atoms with Gasteiger partial charge < -0.3 is 9.73 Å². The highest BCUT2D eigenvalue weighted by Gasteiger charge is 2.19. The monoisotopic (exact) mass is 335 g/mol. The van der Waals surface area contributed by atoms with Crippen LogP contribution in [-0.4, -0.2) is 26.3 Å². The maximum atomic E-state index is 14.1. The van der Waals surface area contributed by atoms with Crippen molar-refractivity contribution in [1.82, 2.24) is 20.4 Å². The quantitative estimate of drug-likeness (QED) is 0.763. The minimum atomic E-state index is -0.596. The number of hydrogen-bond acceptors (Lipinski definition) is 5. The van der Waals surface area contributed by atoms with Crippen molar-refractivity contribution < 1.29 is 13.6 Å². The summed E-state index contributed by atoms with van der Waals surface area (Å²) in [7, 11) is 0. The van der Waals surface area contributed by atoms with Crippen molar-refractivity contribution in [2.75, 3.05) is 5.32 Å². The molecule has 2 aromatic heterocycles. The molecule has 2 heterocycles. The molecule has 3 rings (SSSR count). The van der Waals surface area contributed by atoms with E-state index in [1.54, 1.807) is 0 Å². The van der Waals surface area contributed by atoms with Crippen molar-refractivity contribution in [3.05, 3.63) is 46.8 Å². The van der Waals surface area contributed by atoms with E-state index >= 15 is 0 Å². The molecule has 0 atom stereocenters. The average molecular weight is 336 g/mol. The molecule has 23 heavy (non-hydrogen) atoms. The van der Waals surface area contributed by atoms with Crippen LogP contribution in [0.1, 0.15) is 23.0 Å². The molecule has 0 aliphatic rings. The van der Waals surface area contributed by atoms with Gasteiger partial charge >= 0.3 is 0 Å². The van der Waals surface area contributed by atoms with Gasteiger partial charge in [-0.05, 0) is 24.6 Å². The van der Waals surface area contributed by atoms with Crippen LogP contribution in [-0.2, 0) is 6.42 Å². The third-order valence-corrected chi connectivity index (χ3v) is 3.47. The summed E-state index contributed by atoms with van der Waals surface area (Å²) in [4.78, 5) is 12.3. The maximum absolute atomic E-state index is 14.1. The lowest BCUT2D eigenvalue weighted by Crippen LogP contribution is -2.14. The number of aromatic nitrogens is 4. The zero-order valence-corrected chi connectivity index (χ0v) is 12.7. The zero-order valence-electron chi connectivity index (χ0n) is 11.9. The highest BCUT2D eigenvalue weighted by Crippen LogP contribution is 2.24. The van der Waals surface area contributed by atoms with Crippen LogP contribution < -0.4 is 5.32 Å². The fraction of sp³-hybridized carbons (Fsp3) is 0.143. The Labute approximate surface area is 134 Å². The van der Waals surface area contributed by atoms with Gasteiger partial charge in [0.05, 0.1) is 11.1 Å². The van der Waals surface area contributed by atoms with Gasteiger partial charge in [-0.15, -0.1) is 10.2 Å². The number of halogens is 2. The Morgan fingerprint density at radius 1 is 1.48 bits per heavy atom. The molecule has 0 radical (unpaired) electrons. The summed E-state index contributed by atoms with van der Waals surface area (Å²) in [6.07, 6.45) is 1.67. The predicted molar refractivity (Wildman–Crippen MR) is 80.6 cm³/mol. The lowest BCUT2D eigenvalue weighted by atomic mass is 10.1. The number of amides is 1. The van der Waals surface area contributed by atoms with E-state index in [0.29, 0.717) is 12.1 Å². The van der Waals surface area contributed by atoms with Crippen LogP contribution in [0, 0.1) is 5.82 Å². The molecule has 1 amide bonds. The minimum absolute atomic E-state index is 0.0616. The summed E-state index contributed by atoms with van der Waals surface area (Å²) in [6, 6.07) is 4.13. The summed E-state index contributed by atoms with van der Waals surface area (Å²) in [5.74, 6) is -1.00. The first-order valence-electron chi connectivity index (χ1n) is 6.70. The second kappa shape index (κ2) is 6.17. The van der Waals surface area contributed by atoms with Gasteiger partial charge in [-0.2, -0.15) is 5.10 Å². The molecular formula is C14H11ClFN5O2. The highest BCUT2D eigenvalue weighted by atomic mass is 35.5. The van der Waals surface area contributed by atoms with Crippen LogP contribution in [0.25, 0.3) is 11.5 Å². The number of carbonyl (C=O) groups is 1. The number of aromatic amines is 1. The highest BCUT2D eigenvalue weighted by molar-refractivity contribution is 6.33. The molecule has 1 aromatic carbocycles. The molecule has 118 valence electrons. The van der Waals surface area contributed by atoms with Crippen LogP contribution in [0.4, 0.5) is 10.1 Å². The number of H-pyrrole nitrogens is 1. The first-order valence-corrected chi connectivity index (χ1v) is 7.08. The molecule has 3 aromatic rings. The number of aryl methyl sites for hydroxylation is 1. The number of rotatable bonds is 4. The van der Waals surface area contributed by atoms with Gasteiger partial charge in [-0.25, -0.2) is 4.39 Å². The molecule has 0 unspecified atom stereocenters. The largest absolute Gasteiger partial charge is 0.423 e. The van der Waals surface area contributed by atoms with Gasteiger partial charge in [-0.3, -0.25) is 9.89 Å². The second-order valence-corrected chi connectivity index (χ2v) is 4.97. The topological polar surface area (TPSA) is 96.7 Å². The third kappa shape index (κ3) is 2.93. The van der Waals surface area contributed by atoms with Gasteiger partial charge in [-0.1, -0.05) is 18.5 Å². The van der Waals surface area contributed by atoms with Gasteiger partial charge in [0.25, 0.3) is 5.91 Å². The fourth-order valence-electron chi connectivity index (χ4n) is 2.09. The van der Waals surface area contributed by atoms with Crippen LogP contribution in [0.3, 0.4) is 0 Å². The summed E-state index contributed by atoms with van der Waals surface area (Å²) in [5.41, 5.74) is 1.28. The number of carbonyl (C=O) groups excluding carboxylic acids is 1. The molecule has 0 fully saturated rings. The van der Waals surface area contributed by atoms with Crippen LogP contribution in [0.15, 0.2) is 29.0 Å². The Morgan fingerprint density at radius 3 is 2.96 bits per heavy atom. The fourth-order valence-corrected chi connectivity index (χ4v) is 2.33. The lowest BCUT2D eigenvalue weighted by molar-refractivity contribution is 0.102. The molecule has 0 aliphatic carbocycles. The summed E-state index contributed by atoms with van der Waals surface area (Å²) < 4.78 is 19.1. The third-order valence-electron chi connectivity index (χ3n) is 3.20. The smallest absolute Gasteiger partial charge is 0.260 e. The van der Waals surface area contributed by atoms with Gasteiger partial charge in [0.2, 0.25) is 12.3 Å². The molecule has 7 nitrogen and oxygen atoms in total. The van der Waals surface area contributed by atoms with Crippen molar-refractivity contribution in [3.63, 3.8) is 0 Å². The molecule has 0 saturated carbocycles. The van der Waals surface area contributed by atoms with Crippen LogP contribution in [0.5, 0.6) is 0 Å². The number of benzene rings is 1. The van der Waals surface area contributed by atoms with Crippen molar-refractivity contribution >= 4 is 23.2 Å². The van der Waals surface area contributed by atoms with Crippen molar-refractivity contribution in [3.8, 4) is 11.5 Å². The Morgan fingerprint density at radius 2 is 2.30 bits per heavy atom. The minimum Gasteiger partial charge on any atom is -0.423 e. The van der Waals surface area contributed by atoms with Gasteiger partial charge in [0, 0.05) is 11.4 Å². The van der Waals surface area contributed by atoms with Crippen molar-refractivity contribution in [2.45, 2.75) is 13.3 Å². The summed E-state index contributed by atoms with van der Waals surface area (Å²) >= 11 is 5.90. The lowest BCUT2D eigenvalue weighted by Gasteiger charge is -2.07. The standard InChI is InChI=1S/C14H11ClFN5O2/c1-2-10-11(12(15)20-19-10)13(22)18-7-3-4-8(9(16)5-7)14-21-17-6-23-14/h3-6H,2H2,1H3,(H,18,22)(H,19,20). The van der Waals surface area contributed by atoms with E-state index in [2.05, 4.69) is 25.7 Å². The van der Waals surface area contributed by atoms with E-state index in [9.17, 15) is 9.18 Å². The first-order chi connectivity index (χ1) is 11.1. The Kier molecular flexibility index (Phi) is 4.07. The van der Waals surface area contributed by atoms with E-state index in [0.717, 1.165) is 12.5 Å². The average Bonchev–Trinajstić information content (AvgIpc) is 3.16. The number of anilines is 1. The first kappa shape index (κ1) is 15.2. The molecule has 0 bridgehead atoms. The molecular weight excluding hydrogens is 325 g/mol. The van der Waals surface area contributed by atoms with E-state index in [1.807, 2.05) is 6.92 Å². The molecule has 0 spiro atoms. The SMILES string of the molecule is CCc1[nH]nc(Cl)c1C(=O)Nc1ccc(-c2nnco2)c(F)c1. The number of nitrogens with one attached hydrogen (secondary N) is 2. The molecule has 2 N–H and O–H groups in total. The van der Waals surface area contributed by atoms with Gasteiger partial charge in [0.15, 0.2) is 5.15 Å². The second-order valence-electron chi connectivity index (χ2n) is 4.61. The van der Waals surface area contributed by atoms with E-state index in [4.69, 9.17) is 16.0 Å². The van der Waals surface area contributed by atoms with E-state index in [-0.39, 0.29) is 27.9 Å². The summed E-state index contributed by atoms with van der Waals surface area (Å²) in [5, 5.41) is 16.3. The molecule has 0 saturated heterocycles. The number of hydrogen-bond donors (Lipinski definition) is 2. The zero-order chi connectivity index (χ0) is 16.4. The van der Waals surface area contributed by atoms with E-state index < -0.39 is 11.7 Å². The Bertz CT molecular complexity index is 847. The Balaban J connectivity index is 1.85. The van der Waals surface area contributed by atoms with Gasteiger partial charge in [0.1, 0.15) is 5.82 Å². The van der Waals surface area contributed by atoms with Crippen LogP contribution in [0.2, 0.25) is 5.15 Å². The van der Waals surface area contributed by atoms with Crippen LogP contribution >= 0.6 is 11.6 Å². The maximum Gasteiger partial charge on any atom is 0.260 e. The predicted octanol–water partition coefficient (Wildman–Crippen LogP) is 3.07. The molecule has 0 aliphatic heterocycles. The normalized spacial score (nSPS) is 10.7. The molecule has 9 heteroatoms. The summed E-state index contributed by atoms with van der Waals surface area (Å²) in [6.45, 7) is 1.86.